The van der Waals surface area contributed by atoms with Crippen molar-refractivity contribution in [2.75, 3.05) is 20.7 Å². The van der Waals surface area contributed by atoms with Crippen LogP contribution in [0.4, 0.5) is 0 Å². The van der Waals surface area contributed by atoms with Crippen LogP contribution in [0.3, 0.4) is 0 Å². The van der Waals surface area contributed by atoms with Crippen molar-refractivity contribution in [2.45, 2.75) is 38.1 Å². The second-order valence-corrected chi connectivity index (χ2v) is 7.87. The van der Waals surface area contributed by atoms with E-state index in [2.05, 4.69) is 5.32 Å². The zero-order chi connectivity index (χ0) is 18.5. The Labute approximate surface area is 143 Å². The second-order valence-electron chi connectivity index (χ2n) is 5.72. The minimum Gasteiger partial charge on any atom is -0.452 e. The normalized spacial score (nSPS) is 12.8. The van der Waals surface area contributed by atoms with E-state index in [4.69, 9.17) is 4.74 Å². The zero-order valence-electron chi connectivity index (χ0n) is 14.6. The van der Waals surface area contributed by atoms with Gasteiger partial charge in [-0.2, -0.15) is 0 Å². The standard InChI is InChI=1S/C16H24N2O5S/c1-6-12(3)17-15(19)10-23-16(20)14-9-13(8-7-11(14)2)24(21,22)18(4)5/h7-9,12H,6,10H2,1-5H3,(H,17,19)/t12-/m0/s1. The van der Waals surface area contributed by atoms with Gasteiger partial charge in [0.1, 0.15) is 0 Å². The smallest absolute Gasteiger partial charge is 0.338 e. The molecule has 0 radical (unpaired) electrons. The first kappa shape index (κ1) is 20.1. The van der Waals surface area contributed by atoms with Crippen LogP contribution in [0, 0.1) is 6.92 Å². The number of amides is 1. The molecule has 0 heterocycles. The van der Waals surface area contributed by atoms with Gasteiger partial charge in [0.2, 0.25) is 10.0 Å². The maximum atomic E-state index is 12.2. The second kappa shape index (κ2) is 8.25. The average molecular weight is 356 g/mol. The number of esters is 1. The van der Waals surface area contributed by atoms with E-state index in [1.165, 1.54) is 32.3 Å². The molecule has 0 aliphatic heterocycles. The minimum atomic E-state index is -3.65. The van der Waals surface area contributed by atoms with Gasteiger partial charge in [0, 0.05) is 20.1 Å². The van der Waals surface area contributed by atoms with Crippen molar-refractivity contribution in [3.05, 3.63) is 29.3 Å². The molecule has 0 spiro atoms. The fourth-order valence-corrected chi connectivity index (χ4v) is 2.75. The number of rotatable bonds is 7. The van der Waals surface area contributed by atoms with Gasteiger partial charge >= 0.3 is 5.97 Å². The minimum absolute atomic E-state index is 0.00546. The number of carbonyl (C=O) groups is 2. The van der Waals surface area contributed by atoms with Crippen LogP contribution in [0.25, 0.3) is 0 Å². The van der Waals surface area contributed by atoms with E-state index in [0.29, 0.717) is 5.56 Å². The molecule has 134 valence electrons. The third-order valence-corrected chi connectivity index (χ3v) is 5.37. The molecule has 0 saturated carbocycles. The summed E-state index contributed by atoms with van der Waals surface area (Å²) in [6.45, 7) is 5.03. The van der Waals surface area contributed by atoms with Gasteiger partial charge in [0.15, 0.2) is 6.61 Å². The molecule has 0 aliphatic rings. The van der Waals surface area contributed by atoms with Crippen LogP contribution in [-0.2, 0) is 19.6 Å². The molecule has 1 aromatic carbocycles. The summed E-state index contributed by atoms with van der Waals surface area (Å²) in [5, 5.41) is 2.68. The zero-order valence-corrected chi connectivity index (χ0v) is 15.4. The number of carbonyl (C=O) groups excluding carboxylic acids is 2. The van der Waals surface area contributed by atoms with E-state index >= 15 is 0 Å². The van der Waals surface area contributed by atoms with E-state index in [1.54, 1.807) is 6.92 Å². The van der Waals surface area contributed by atoms with Gasteiger partial charge in [0.25, 0.3) is 5.91 Å². The van der Waals surface area contributed by atoms with Gasteiger partial charge in [0.05, 0.1) is 10.5 Å². The average Bonchev–Trinajstić information content (AvgIpc) is 2.52. The molecule has 7 nitrogen and oxygen atoms in total. The molecule has 0 unspecified atom stereocenters. The SMILES string of the molecule is CC[C@H](C)NC(=O)COC(=O)c1cc(S(=O)(=O)N(C)C)ccc1C. The van der Waals surface area contributed by atoms with Crippen LogP contribution in [0.5, 0.6) is 0 Å². The first-order valence-electron chi connectivity index (χ1n) is 7.59. The fraction of sp³-hybridized carbons (Fsp3) is 0.500. The van der Waals surface area contributed by atoms with Crippen molar-refractivity contribution in [1.29, 1.82) is 0 Å². The summed E-state index contributed by atoms with van der Waals surface area (Å²) in [6.07, 6.45) is 0.767. The van der Waals surface area contributed by atoms with Gasteiger partial charge < -0.3 is 10.1 Å². The van der Waals surface area contributed by atoms with Gasteiger partial charge in [-0.05, 0) is 38.0 Å². The lowest BCUT2D eigenvalue weighted by Gasteiger charge is -2.14. The highest BCUT2D eigenvalue weighted by Gasteiger charge is 2.21. The van der Waals surface area contributed by atoms with Crippen LogP contribution < -0.4 is 5.32 Å². The van der Waals surface area contributed by atoms with Crippen molar-refractivity contribution in [2.24, 2.45) is 0 Å². The van der Waals surface area contributed by atoms with Crippen LogP contribution in [0.2, 0.25) is 0 Å². The third-order valence-electron chi connectivity index (χ3n) is 3.56. The summed E-state index contributed by atoms with van der Waals surface area (Å²) in [7, 11) is -0.836. The summed E-state index contributed by atoms with van der Waals surface area (Å²) in [6, 6.07) is 4.22. The molecule has 8 heteroatoms. The molecular weight excluding hydrogens is 332 g/mol. The summed E-state index contributed by atoms with van der Waals surface area (Å²) in [5.74, 6) is -1.13. The van der Waals surface area contributed by atoms with E-state index < -0.39 is 28.5 Å². The quantitative estimate of drug-likeness (QED) is 0.744. The number of hydrogen-bond acceptors (Lipinski definition) is 5. The summed E-state index contributed by atoms with van der Waals surface area (Å²) >= 11 is 0. The topological polar surface area (TPSA) is 92.8 Å². The molecule has 1 N–H and O–H groups in total. The lowest BCUT2D eigenvalue weighted by atomic mass is 10.1. The predicted octanol–water partition coefficient (Wildman–Crippen LogP) is 1.32. The molecule has 0 bridgehead atoms. The van der Waals surface area contributed by atoms with Crippen LogP contribution in [-0.4, -0.2) is 51.3 Å². The number of nitrogens with one attached hydrogen (secondary N) is 1. The van der Waals surface area contributed by atoms with Gasteiger partial charge in [-0.25, -0.2) is 17.5 Å². The highest BCUT2D eigenvalue weighted by atomic mass is 32.2. The number of hydrogen-bond donors (Lipinski definition) is 1. The highest BCUT2D eigenvalue weighted by Crippen LogP contribution is 2.18. The molecular formula is C16H24N2O5S. The lowest BCUT2D eigenvalue weighted by Crippen LogP contribution is -2.35. The maximum absolute atomic E-state index is 12.2. The number of sulfonamides is 1. The van der Waals surface area contributed by atoms with Crippen LogP contribution >= 0.6 is 0 Å². The molecule has 24 heavy (non-hydrogen) atoms. The number of nitrogens with zero attached hydrogens (tertiary/aromatic N) is 1. The van der Waals surface area contributed by atoms with Crippen LogP contribution in [0.15, 0.2) is 23.1 Å². The Morgan fingerprint density at radius 1 is 1.29 bits per heavy atom. The van der Waals surface area contributed by atoms with Crippen LogP contribution in [0.1, 0.15) is 36.2 Å². The van der Waals surface area contributed by atoms with Crippen molar-refractivity contribution < 1.29 is 22.7 Å². The van der Waals surface area contributed by atoms with Crippen molar-refractivity contribution >= 4 is 21.9 Å². The number of benzene rings is 1. The van der Waals surface area contributed by atoms with Gasteiger partial charge in [-0.1, -0.05) is 13.0 Å². The summed E-state index contributed by atoms with van der Waals surface area (Å²) < 4.78 is 30.3. The van der Waals surface area contributed by atoms with Crippen molar-refractivity contribution in [3.63, 3.8) is 0 Å². The van der Waals surface area contributed by atoms with Crippen molar-refractivity contribution in [3.8, 4) is 0 Å². The summed E-state index contributed by atoms with van der Waals surface area (Å²) in [4.78, 5) is 23.8. The Morgan fingerprint density at radius 2 is 1.92 bits per heavy atom. The monoisotopic (exact) mass is 356 g/mol. The van der Waals surface area contributed by atoms with Crippen molar-refractivity contribution in [1.82, 2.24) is 9.62 Å². The maximum Gasteiger partial charge on any atom is 0.338 e. The largest absolute Gasteiger partial charge is 0.452 e. The molecule has 0 fully saturated rings. The first-order valence-corrected chi connectivity index (χ1v) is 9.03. The Morgan fingerprint density at radius 3 is 2.46 bits per heavy atom. The van der Waals surface area contributed by atoms with Gasteiger partial charge in [-0.15, -0.1) is 0 Å². The summed E-state index contributed by atoms with van der Waals surface area (Å²) in [5.41, 5.74) is 0.689. The lowest BCUT2D eigenvalue weighted by molar-refractivity contribution is -0.124. The first-order chi connectivity index (χ1) is 11.1. The molecule has 1 atom stereocenters. The molecule has 0 saturated heterocycles. The molecule has 1 rings (SSSR count). The Kier molecular flexibility index (Phi) is 6.92. The van der Waals surface area contributed by atoms with E-state index in [0.717, 1.165) is 10.7 Å². The molecule has 1 amide bonds. The Balaban J connectivity index is 2.90. The number of ether oxygens (including phenoxy) is 1. The fourth-order valence-electron chi connectivity index (χ4n) is 1.82. The Hall–Kier alpha value is -1.93. The molecule has 1 aromatic rings. The third kappa shape index (κ3) is 5.04. The molecule has 0 aliphatic carbocycles. The van der Waals surface area contributed by atoms with E-state index in [1.807, 2.05) is 13.8 Å². The van der Waals surface area contributed by atoms with E-state index in [-0.39, 0.29) is 16.5 Å². The Bertz CT molecular complexity index is 713. The van der Waals surface area contributed by atoms with E-state index in [9.17, 15) is 18.0 Å². The highest BCUT2D eigenvalue weighted by molar-refractivity contribution is 7.89. The van der Waals surface area contributed by atoms with Gasteiger partial charge in [-0.3, -0.25) is 4.79 Å². The number of aryl methyl sites for hydroxylation is 1. The molecule has 0 aromatic heterocycles. The predicted molar refractivity (Wildman–Crippen MR) is 90.2 cm³/mol.